The number of aromatic nitrogens is 1. The lowest BCUT2D eigenvalue weighted by molar-refractivity contribution is 0.0964. The van der Waals surface area contributed by atoms with Gasteiger partial charge < -0.3 is 20.4 Å². The molecule has 0 saturated carbocycles. The molecule has 1 amide bonds. The van der Waals surface area contributed by atoms with Crippen molar-refractivity contribution in [2.45, 2.75) is 13.3 Å². The number of benzene rings is 1. The number of pyridine rings is 1. The van der Waals surface area contributed by atoms with Gasteiger partial charge in [0.15, 0.2) is 0 Å². The number of amides is 1. The van der Waals surface area contributed by atoms with Crippen LogP contribution < -0.4 is 21.3 Å². The summed E-state index contributed by atoms with van der Waals surface area (Å²) in [5, 5.41) is 2.48. The van der Waals surface area contributed by atoms with Gasteiger partial charge in [0.05, 0.1) is 10.6 Å². The van der Waals surface area contributed by atoms with Crippen LogP contribution >= 0.6 is 11.6 Å². The lowest BCUT2D eigenvalue weighted by atomic mass is 10.2. The number of nitrogens with two attached hydrogens (primary N) is 1. The minimum atomic E-state index is -0.531. The first-order valence-corrected chi connectivity index (χ1v) is 8.45. The molecule has 0 radical (unpaired) electrons. The number of rotatable bonds is 6. The minimum Gasteiger partial charge on any atom is -0.462 e. The van der Waals surface area contributed by atoms with Crippen LogP contribution in [0.5, 0.6) is 5.75 Å². The Labute approximate surface area is 160 Å². The Balaban J connectivity index is 2.07. The van der Waals surface area contributed by atoms with Crippen molar-refractivity contribution >= 4 is 17.5 Å². The third-order valence-corrected chi connectivity index (χ3v) is 3.83. The molecular formula is C19H19ClFN3O3. The first kappa shape index (κ1) is 20.3. The van der Waals surface area contributed by atoms with E-state index in [4.69, 9.17) is 22.1 Å². The molecule has 142 valence electrons. The summed E-state index contributed by atoms with van der Waals surface area (Å²) in [6.07, 6.45) is 5.02. The molecule has 2 aromatic rings. The van der Waals surface area contributed by atoms with E-state index >= 15 is 0 Å². The average molecular weight is 392 g/mol. The zero-order valence-electron chi connectivity index (χ0n) is 14.8. The standard InChI is InChI=1S/C19H19ClFN3O3/c1-3-13(27-14-5-7-16(21)15(20)10-14)6-8-17(22)23-19(26)12-4-9-18(25)24(2)11-12/h4-11H,3,22H2,1-2H3,(H,23,26)/b13-6+,17-8+. The number of nitrogens with one attached hydrogen (secondary N) is 1. The highest BCUT2D eigenvalue weighted by molar-refractivity contribution is 6.30. The second kappa shape index (κ2) is 9.05. The van der Waals surface area contributed by atoms with Crippen LogP contribution in [0.25, 0.3) is 0 Å². The quantitative estimate of drug-likeness (QED) is 0.585. The number of allylic oxidation sites excluding steroid dienone is 3. The van der Waals surface area contributed by atoms with Crippen LogP contribution in [0.2, 0.25) is 5.02 Å². The fraction of sp³-hybridized carbons (Fsp3) is 0.158. The molecular weight excluding hydrogens is 373 g/mol. The number of aryl methyl sites for hydroxylation is 1. The Morgan fingerprint density at radius 2 is 2.07 bits per heavy atom. The number of halogens is 2. The SMILES string of the molecule is CC/C(=C\C=C(/N)NC(=O)c1ccc(=O)n(C)c1)Oc1ccc(F)c(Cl)c1. The molecule has 6 nitrogen and oxygen atoms in total. The van der Waals surface area contributed by atoms with Gasteiger partial charge in [0.2, 0.25) is 5.56 Å². The van der Waals surface area contributed by atoms with Crippen molar-refractivity contribution in [3.63, 3.8) is 0 Å². The maximum atomic E-state index is 13.2. The van der Waals surface area contributed by atoms with E-state index in [-0.39, 0.29) is 16.4 Å². The van der Waals surface area contributed by atoms with Crippen LogP contribution in [0, 0.1) is 5.82 Å². The second-order valence-electron chi connectivity index (χ2n) is 5.61. The Kier molecular flexibility index (Phi) is 6.79. The molecule has 0 atom stereocenters. The van der Waals surface area contributed by atoms with E-state index in [2.05, 4.69) is 5.32 Å². The van der Waals surface area contributed by atoms with Crippen LogP contribution in [0.4, 0.5) is 4.39 Å². The lowest BCUT2D eigenvalue weighted by Crippen LogP contribution is -2.28. The van der Waals surface area contributed by atoms with Gasteiger partial charge in [0.1, 0.15) is 23.1 Å². The number of nitrogens with zero attached hydrogens (tertiary/aromatic N) is 1. The molecule has 0 aliphatic carbocycles. The van der Waals surface area contributed by atoms with Crippen molar-refractivity contribution in [1.82, 2.24) is 9.88 Å². The first-order valence-electron chi connectivity index (χ1n) is 8.07. The van der Waals surface area contributed by atoms with E-state index in [0.29, 0.717) is 23.5 Å². The van der Waals surface area contributed by atoms with Crippen LogP contribution in [0.15, 0.2) is 65.1 Å². The van der Waals surface area contributed by atoms with Gasteiger partial charge in [0.25, 0.3) is 5.91 Å². The molecule has 27 heavy (non-hydrogen) atoms. The first-order chi connectivity index (χ1) is 12.8. The molecule has 0 saturated heterocycles. The topological polar surface area (TPSA) is 86.4 Å². The number of hydrogen-bond acceptors (Lipinski definition) is 4. The van der Waals surface area contributed by atoms with E-state index in [0.717, 1.165) is 0 Å². The molecule has 0 aliphatic rings. The van der Waals surface area contributed by atoms with Crippen molar-refractivity contribution in [2.24, 2.45) is 12.8 Å². The molecule has 0 fully saturated rings. The van der Waals surface area contributed by atoms with Crippen LogP contribution in [-0.4, -0.2) is 10.5 Å². The number of carbonyl (C=O) groups is 1. The monoisotopic (exact) mass is 391 g/mol. The smallest absolute Gasteiger partial charge is 0.258 e. The highest BCUT2D eigenvalue weighted by Crippen LogP contribution is 2.23. The summed E-state index contributed by atoms with van der Waals surface area (Å²) < 4.78 is 20.1. The summed E-state index contributed by atoms with van der Waals surface area (Å²) in [5.74, 6) is 0.0431. The maximum absolute atomic E-state index is 13.2. The number of ether oxygens (including phenoxy) is 1. The summed E-state index contributed by atoms with van der Waals surface area (Å²) >= 11 is 5.73. The summed E-state index contributed by atoms with van der Waals surface area (Å²) in [4.78, 5) is 23.5. The van der Waals surface area contributed by atoms with Crippen molar-refractivity contribution in [1.29, 1.82) is 0 Å². The highest BCUT2D eigenvalue weighted by Gasteiger charge is 2.07. The van der Waals surface area contributed by atoms with Crippen molar-refractivity contribution in [3.05, 3.63) is 87.0 Å². The predicted octanol–water partition coefficient (Wildman–Crippen LogP) is 3.08. The van der Waals surface area contributed by atoms with E-state index in [1.807, 2.05) is 6.92 Å². The average Bonchev–Trinajstić information content (AvgIpc) is 2.63. The second-order valence-corrected chi connectivity index (χ2v) is 6.01. The molecule has 0 aliphatic heterocycles. The Bertz CT molecular complexity index is 967. The highest BCUT2D eigenvalue weighted by atomic mass is 35.5. The number of carbonyl (C=O) groups excluding carboxylic acids is 1. The van der Waals surface area contributed by atoms with Crippen molar-refractivity contribution < 1.29 is 13.9 Å². The van der Waals surface area contributed by atoms with E-state index in [1.54, 1.807) is 13.1 Å². The summed E-state index contributed by atoms with van der Waals surface area (Å²) in [6.45, 7) is 1.87. The van der Waals surface area contributed by atoms with Crippen LogP contribution in [0.3, 0.4) is 0 Å². The summed E-state index contributed by atoms with van der Waals surface area (Å²) in [6, 6.07) is 6.75. The molecule has 2 rings (SSSR count). The fourth-order valence-corrected chi connectivity index (χ4v) is 2.24. The summed E-state index contributed by atoms with van der Waals surface area (Å²) in [7, 11) is 1.55. The lowest BCUT2D eigenvalue weighted by Gasteiger charge is -2.09. The van der Waals surface area contributed by atoms with E-state index in [1.165, 1.54) is 47.2 Å². The molecule has 8 heteroatoms. The molecule has 0 spiro atoms. The third-order valence-electron chi connectivity index (χ3n) is 3.54. The van der Waals surface area contributed by atoms with Crippen molar-refractivity contribution in [2.75, 3.05) is 0 Å². The number of hydrogen-bond donors (Lipinski definition) is 2. The molecule has 1 aromatic heterocycles. The zero-order chi connectivity index (χ0) is 20.0. The Morgan fingerprint density at radius 1 is 1.33 bits per heavy atom. The third kappa shape index (κ3) is 5.72. The van der Waals surface area contributed by atoms with Crippen LogP contribution in [-0.2, 0) is 7.05 Å². The zero-order valence-corrected chi connectivity index (χ0v) is 15.6. The van der Waals surface area contributed by atoms with Gasteiger partial charge in [-0.05, 0) is 30.4 Å². The molecule has 1 heterocycles. The van der Waals surface area contributed by atoms with Gasteiger partial charge in [-0.2, -0.15) is 0 Å². The predicted molar refractivity (Wildman–Crippen MR) is 102 cm³/mol. The molecule has 1 aromatic carbocycles. The Morgan fingerprint density at radius 3 is 2.70 bits per heavy atom. The largest absolute Gasteiger partial charge is 0.462 e. The van der Waals surface area contributed by atoms with Gasteiger partial charge in [-0.15, -0.1) is 0 Å². The molecule has 0 bridgehead atoms. The van der Waals surface area contributed by atoms with Crippen molar-refractivity contribution in [3.8, 4) is 5.75 Å². The van der Waals surface area contributed by atoms with Crippen LogP contribution in [0.1, 0.15) is 23.7 Å². The van der Waals surface area contributed by atoms with Gasteiger partial charge in [-0.3, -0.25) is 9.59 Å². The molecule has 3 N–H and O–H groups in total. The van der Waals surface area contributed by atoms with Gasteiger partial charge >= 0.3 is 0 Å². The minimum absolute atomic E-state index is 0.0393. The normalized spacial score (nSPS) is 12.0. The fourth-order valence-electron chi connectivity index (χ4n) is 2.07. The summed E-state index contributed by atoms with van der Waals surface area (Å²) in [5.41, 5.74) is 5.89. The van der Waals surface area contributed by atoms with Gasteiger partial charge in [-0.1, -0.05) is 18.5 Å². The van der Waals surface area contributed by atoms with Gasteiger partial charge in [-0.25, -0.2) is 4.39 Å². The van der Waals surface area contributed by atoms with E-state index in [9.17, 15) is 14.0 Å². The maximum Gasteiger partial charge on any atom is 0.258 e. The van der Waals surface area contributed by atoms with E-state index < -0.39 is 11.7 Å². The molecule has 0 unspecified atom stereocenters. The Hall–Kier alpha value is -3.06. The van der Waals surface area contributed by atoms with Gasteiger partial charge in [0, 0.05) is 31.8 Å².